The van der Waals surface area contributed by atoms with Crippen molar-refractivity contribution in [2.45, 2.75) is 46.0 Å². The molecule has 1 aromatic rings. The normalized spacial score (nSPS) is 27.9. The summed E-state index contributed by atoms with van der Waals surface area (Å²) in [5.41, 5.74) is 4.94. The summed E-state index contributed by atoms with van der Waals surface area (Å²) >= 11 is 0. The van der Waals surface area contributed by atoms with Crippen LogP contribution in [0.2, 0.25) is 0 Å². The zero-order valence-electron chi connectivity index (χ0n) is 14.7. The van der Waals surface area contributed by atoms with Gasteiger partial charge in [0.2, 0.25) is 0 Å². The first-order chi connectivity index (χ1) is 11.3. The quantitative estimate of drug-likeness (QED) is 0.843. The fraction of sp³-hybridized carbons (Fsp3) is 0.450. The van der Waals surface area contributed by atoms with Crippen LogP contribution in [0.5, 0.6) is 0 Å². The van der Waals surface area contributed by atoms with Gasteiger partial charge in [-0.05, 0) is 31.2 Å². The molecule has 0 aromatic heterocycles. The summed E-state index contributed by atoms with van der Waals surface area (Å²) in [6, 6.07) is 8.47. The van der Waals surface area contributed by atoms with Crippen molar-refractivity contribution in [3.05, 3.63) is 58.1 Å². The van der Waals surface area contributed by atoms with Gasteiger partial charge in [0.1, 0.15) is 0 Å². The van der Waals surface area contributed by atoms with E-state index in [0.29, 0.717) is 13.0 Å². The largest absolute Gasteiger partial charge is 0.342 e. The summed E-state index contributed by atoms with van der Waals surface area (Å²) in [7, 11) is 0. The van der Waals surface area contributed by atoms with Crippen LogP contribution in [0, 0.1) is 12.3 Å². The molecule has 0 bridgehead atoms. The van der Waals surface area contributed by atoms with Crippen molar-refractivity contribution in [2.75, 3.05) is 6.54 Å². The standard InChI is InChI=1S/C20H23N3O/c1-12-6-5-7-13(8-12)20(4)14-11-21-23-18(14)22-15-9-19(2,3)10-16(24)17(15)20/h5-8,22H,9-11H2,1-4H3. The molecule has 1 aliphatic carbocycles. The van der Waals surface area contributed by atoms with E-state index < -0.39 is 5.41 Å². The molecule has 4 heteroatoms. The van der Waals surface area contributed by atoms with E-state index in [-0.39, 0.29) is 11.2 Å². The Bertz CT molecular complexity index is 844. The van der Waals surface area contributed by atoms with Gasteiger partial charge in [-0.15, -0.1) is 5.11 Å². The topological polar surface area (TPSA) is 53.8 Å². The number of ketones is 1. The lowest BCUT2D eigenvalue weighted by molar-refractivity contribution is -0.118. The van der Waals surface area contributed by atoms with Gasteiger partial charge in [-0.3, -0.25) is 4.79 Å². The second-order valence-corrected chi connectivity index (χ2v) is 8.14. The maximum atomic E-state index is 13.1. The first-order valence-electron chi connectivity index (χ1n) is 8.53. The molecular formula is C20H23N3O. The minimum absolute atomic E-state index is 0.0236. The summed E-state index contributed by atoms with van der Waals surface area (Å²) in [4.78, 5) is 13.1. The smallest absolute Gasteiger partial charge is 0.162 e. The third kappa shape index (κ3) is 2.09. The third-order valence-corrected chi connectivity index (χ3v) is 5.53. The Balaban J connectivity index is 1.96. The summed E-state index contributed by atoms with van der Waals surface area (Å²) < 4.78 is 0. The number of dihydropyridines is 1. The van der Waals surface area contributed by atoms with E-state index in [4.69, 9.17) is 0 Å². The molecule has 1 atom stereocenters. The van der Waals surface area contributed by atoms with Gasteiger partial charge in [0, 0.05) is 28.7 Å². The second kappa shape index (κ2) is 4.88. The molecule has 0 amide bonds. The van der Waals surface area contributed by atoms with Crippen molar-refractivity contribution in [2.24, 2.45) is 15.6 Å². The molecule has 1 aromatic carbocycles. The Hall–Kier alpha value is -2.23. The predicted octanol–water partition coefficient (Wildman–Crippen LogP) is 4.18. The predicted molar refractivity (Wildman–Crippen MR) is 93.5 cm³/mol. The molecule has 2 aliphatic heterocycles. The van der Waals surface area contributed by atoms with Crippen LogP contribution >= 0.6 is 0 Å². The third-order valence-electron chi connectivity index (χ3n) is 5.53. The van der Waals surface area contributed by atoms with E-state index in [1.165, 1.54) is 5.56 Å². The number of hydrogen-bond acceptors (Lipinski definition) is 4. The monoisotopic (exact) mass is 321 g/mol. The van der Waals surface area contributed by atoms with E-state index in [1.54, 1.807) is 0 Å². The van der Waals surface area contributed by atoms with Gasteiger partial charge in [0.15, 0.2) is 11.6 Å². The number of carbonyl (C=O) groups excluding carboxylic acids is 1. The number of azo groups is 1. The number of carbonyl (C=O) groups is 1. The fourth-order valence-corrected chi connectivity index (χ4v) is 4.38. The molecule has 2 heterocycles. The molecule has 0 saturated heterocycles. The zero-order chi connectivity index (χ0) is 17.1. The van der Waals surface area contributed by atoms with Gasteiger partial charge in [-0.2, -0.15) is 5.11 Å². The highest BCUT2D eigenvalue weighted by Crippen LogP contribution is 2.51. The van der Waals surface area contributed by atoms with E-state index in [9.17, 15) is 4.79 Å². The average molecular weight is 321 g/mol. The van der Waals surface area contributed by atoms with Crippen LogP contribution in [0.25, 0.3) is 0 Å². The van der Waals surface area contributed by atoms with Crippen LogP contribution < -0.4 is 5.32 Å². The van der Waals surface area contributed by atoms with Gasteiger partial charge < -0.3 is 5.32 Å². The number of Topliss-reactive ketones (excluding diaryl/α,β-unsaturated/α-hetero) is 1. The first kappa shape index (κ1) is 15.3. The van der Waals surface area contributed by atoms with Crippen LogP contribution in [-0.2, 0) is 10.2 Å². The molecule has 3 aliphatic rings. The molecule has 1 unspecified atom stereocenters. The number of allylic oxidation sites excluding steroid dienone is 2. The number of aryl methyl sites for hydroxylation is 1. The van der Waals surface area contributed by atoms with Gasteiger partial charge in [0.25, 0.3) is 0 Å². The van der Waals surface area contributed by atoms with Crippen molar-refractivity contribution in [1.82, 2.24) is 5.32 Å². The summed E-state index contributed by atoms with van der Waals surface area (Å²) in [5, 5.41) is 12.0. The first-order valence-corrected chi connectivity index (χ1v) is 8.53. The molecule has 24 heavy (non-hydrogen) atoms. The highest BCUT2D eigenvalue weighted by molar-refractivity contribution is 6.01. The Morgan fingerprint density at radius 1 is 1.17 bits per heavy atom. The Labute approximate surface area is 142 Å². The molecule has 4 rings (SSSR count). The van der Waals surface area contributed by atoms with Crippen LogP contribution in [0.3, 0.4) is 0 Å². The van der Waals surface area contributed by atoms with Crippen LogP contribution in [0.1, 0.15) is 44.7 Å². The molecule has 0 spiro atoms. The van der Waals surface area contributed by atoms with Gasteiger partial charge in [-0.25, -0.2) is 0 Å². The average Bonchev–Trinajstić information content (AvgIpc) is 2.94. The highest BCUT2D eigenvalue weighted by atomic mass is 16.1. The lowest BCUT2D eigenvalue weighted by Crippen LogP contribution is -2.44. The van der Waals surface area contributed by atoms with E-state index >= 15 is 0 Å². The molecule has 1 N–H and O–H groups in total. The van der Waals surface area contributed by atoms with Gasteiger partial charge >= 0.3 is 0 Å². The van der Waals surface area contributed by atoms with Gasteiger partial charge in [0.05, 0.1) is 6.54 Å². The molecule has 0 saturated carbocycles. The molecule has 0 fully saturated rings. The fourth-order valence-electron chi connectivity index (χ4n) is 4.38. The molecule has 0 radical (unpaired) electrons. The van der Waals surface area contributed by atoms with Crippen molar-refractivity contribution in [3.63, 3.8) is 0 Å². The SMILES string of the molecule is Cc1cccc(C2(C)C3=C(N=NC3)NC3=C2C(=O)CC(C)(C)C3)c1. The number of nitrogens with one attached hydrogen (secondary N) is 1. The molecule has 124 valence electrons. The van der Waals surface area contributed by atoms with Gasteiger partial charge in [-0.1, -0.05) is 43.7 Å². The number of rotatable bonds is 1. The van der Waals surface area contributed by atoms with Crippen molar-refractivity contribution < 1.29 is 4.79 Å². The Kier molecular flexibility index (Phi) is 3.11. The van der Waals surface area contributed by atoms with Crippen molar-refractivity contribution >= 4 is 5.78 Å². The van der Waals surface area contributed by atoms with Crippen molar-refractivity contribution in [3.8, 4) is 0 Å². The lowest BCUT2D eigenvalue weighted by atomic mass is 9.61. The van der Waals surface area contributed by atoms with Crippen molar-refractivity contribution in [1.29, 1.82) is 0 Å². The lowest BCUT2D eigenvalue weighted by Gasteiger charge is -2.44. The summed E-state index contributed by atoms with van der Waals surface area (Å²) in [5.74, 6) is 1.08. The van der Waals surface area contributed by atoms with E-state index in [2.05, 4.69) is 67.5 Å². The number of hydrogen-bond donors (Lipinski definition) is 1. The zero-order valence-corrected chi connectivity index (χ0v) is 14.7. The van der Waals surface area contributed by atoms with Crippen LogP contribution in [-0.4, -0.2) is 12.3 Å². The van der Waals surface area contributed by atoms with E-state index in [0.717, 1.165) is 34.6 Å². The Morgan fingerprint density at radius 3 is 2.71 bits per heavy atom. The number of nitrogens with zero attached hydrogens (tertiary/aromatic N) is 2. The van der Waals surface area contributed by atoms with E-state index in [1.807, 2.05) is 0 Å². The van der Waals surface area contributed by atoms with Crippen LogP contribution in [0.4, 0.5) is 0 Å². The molecular weight excluding hydrogens is 298 g/mol. The summed E-state index contributed by atoms with van der Waals surface area (Å²) in [6.45, 7) is 9.12. The highest BCUT2D eigenvalue weighted by Gasteiger charge is 2.49. The maximum Gasteiger partial charge on any atom is 0.162 e. The minimum Gasteiger partial charge on any atom is -0.342 e. The second-order valence-electron chi connectivity index (χ2n) is 8.14. The number of benzene rings is 1. The maximum absolute atomic E-state index is 13.1. The van der Waals surface area contributed by atoms with Crippen LogP contribution in [0.15, 0.2) is 57.2 Å². The minimum atomic E-state index is -0.445. The Morgan fingerprint density at radius 2 is 1.96 bits per heavy atom. The molecule has 4 nitrogen and oxygen atoms in total. The summed E-state index contributed by atoms with van der Waals surface area (Å²) in [6.07, 6.45) is 1.45.